The second kappa shape index (κ2) is 4.46. The van der Waals surface area contributed by atoms with Crippen molar-refractivity contribution in [2.24, 2.45) is 0 Å². The third kappa shape index (κ3) is 2.09. The van der Waals surface area contributed by atoms with Crippen LogP contribution in [0, 0.1) is 0 Å². The normalized spacial score (nSPS) is 14.2. The maximum atomic E-state index is 2.31. The Labute approximate surface area is 102 Å². The fourth-order valence-corrected chi connectivity index (χ4v) is 2.24. The average molecular weight is 221 g/mol. The summed E-state index contributed by atoms with van der Waals surface area (Å²) < 4.78 is 0. The van der Waals surface area contributed by atoms with Gasteiger partial charge in [-0.15, -0.1) is 0 Å². The first-order valence-electron chi connectivity index (χ1n) is 6.01. The third-order valence-electron chi connectivity index (χ3n) is 3.20. The van der Waals surface area contributed by atoms with Gasteiger partial charge in [0.1, 0.15) is 0 Å². The van der Waals surface area contributed by atoms with Gasteiger partial charge in [0, 0.05) is 18.4 Å². The average Bonchev–Trinajstić information content (AvgIpc) is 2.62. The molecule has 1 nitrogen and oxygen atoms in total. The highest BCUT2D eigenvalue weighted by atomic mass is 15.1. The minimum Gasteiger partial charge on any atom is -0.348 e. The lowest BCUT2D eigenvalue weighted by atomic mass is 10.1. The first kappa shape index (κ1) is 10.2. The van der Waals surface area contributed by atoms with Gasteiger partial charge in [-0.05, 0) is 35.8 Å². The van der Waals surface area contributed by atoms with Crippen LogP contribution in [-0.2, 0) is 6.42 Å². The van der Waals surface area contributed by atoms with Gasteiger partial charge >= 0.3 is 0 Å². The molecule has 0 saturated carbocycles. The lowest BCUT2D eigenvalue weighted by Crippen LogP contribution is -2.17. The zero-order valence-electron chi connectivity index (χ0n) is 9.71. The van der Waals surface area contributed by atoms with Crippen LogP contribution >= 0.6 is 0 Å². The van der Waals surface area contributed by atoms with Crippen molar-refractivity contribution in [1.29, 1.82) is 0 Å². The van der Waals surface area contributed by atoms with Gasteiger partial charge < -0.3 is 4.90 Å². The topological polar surface area (TPSA) is 3.24 Å². The fourth-order valence-electron chi connectivity index (χ4n) is 2.24. The Bertz CT molecular complexity index is 528. The molecule has 84 valence electrons. The van der Waals surface area contributed by atoms with Crippen molar-refractivity contribution in [3.8, 4) is 0 Å². The lowest BCUT2D eigenvalue weighted by molar-refractivity contribution is 0.918. The van der Waals surface area contributed by atoms with Crippen molar-refractivity contribution < 1.29 is 0 Å². The molecule has 3 rings (SSSR count). The van der Waals surface area contributed by atoms with E-state index in [1.54, 1.807) is 0 Å². The molecule has 1 aliphatic rings. The second-order valence-corrected chi connectivity index (χ2v) is 4.29. The summed E-state index contributed by atoms with van der Waals surface area (Å²) in [4.78, 5) is 2.31. The molecule has 0 N–H and O–H groups in total. The van der Waals surface area contributed by atoms with Gasteiger partial charge in [-0.25, -0.2) is 0 Å². The number of anilines is 1. The molecule has 0 atom stereocenters. The molecule has 1 heterocycles. The van der Waals surface area contributed by atoms with E-state index in [0.29, 0.717) is 0 Å². The molecule has 0 aromatic heterocycles. The van der Waals surface area contributed by atoms with E-state index >= 15 is 0 Å². The maximum Gasteiger partial charge on any atom is 0.0406 e. The van der Waals surface area contributed by atoms with Crippen LogP contribution in [-0.4, -0.2) is 6.54 Å². The molecular formula is C16H15N. The number of hydrogen-bond acceptors (Lipinski definition) is 1. The van der Waals surface area contributed by atoms with Crippen molar-refractivity contribution in [2.45, 2.75) is 6.42 Å². The Morgan fingerprint density at radius 3 is 2.47 bits per heavy atom. The molecule has 0 bridgehead atoms. The molecule has 0 radical (unpaired) electrons. The lowest BCUT2D eigenvalue weighted by Gasteiger charge is -2.18. The zero-order chi connectivity index (χ0) is 11.5. The molecule has 1 aliphatic heterocycles. The molecule has 0 spiro atoms. The predicted octanol–water partition coefficient (Wildman–Crippen LogP) is 3.72. The van der Waals surface area contributed by atoms with Crippen LogP contribution < -0.4 is 4.90 Å². The van der Waals surface area contributed by atoms with Crippen molar-refractivity contribution in [3.05, 3.63) is 71.9 Å². The van der Waals surface area contributed by atoms with Crippen LogP contribution in [0.3, 0.4) is 0 Å². The van der Waals surface area contributed by atoms with Gasteiger partial charge in [0.2, 0.25) is 0 Å². The third-order valence-corrected chi connectivity index (χ3v) is 3.20. The molecule has 0 unspecified atom stereocenters. The van der Waals surface area contributed by atoms with E-state index in [1.807, 2.05) is 0 Å². The number of hydrogen-bond donors (Lipinski definition) is 0. The van der Waals surface area contributed by atoms with Crippen LogP contribution in [0.25, 0.3) is 6.08 Å². The molecule has 17 heavy (non-hydrogen) atoms. The van der Waals surface area contributed by atoms with Crippen molar-refractivity contribution >= 4 is 11.8 Å². The Balaban J connectivity index is 1.90. The van der Waals surface area contributed by atoms with Gasteiger partial charge in [-0.2, -0.15) is 0 Å². The van der Waals surface area contributed by atoms with Crippen LogP contribution in [0.5, 0.6) is 0 Å². The Hall–Kier alpha value is -2.02. The van der Waals surface area contributed by atoms with E-state index < -0.39 is 0 Å². The van der Waals surface area contributed by atoms with Gasteiger partial charge in [-0.3, -0.25) is 0 Å². The van der Waals surface area contributed by atoms with E-state index in [2.05, 4.69) is 71.8 Å². The quantitative estimate of drug-likeness (QED) is 0.709. The molecule has 0 fully saturated rings. The summed E-state index contributed by atoms with van der Waals surface area (Å²) in [7, 11) is 0. The highest BCUT2D eigenvalue weighted by Gasteiger charge is 2.08. The number of fused-ring (bicyclic) bond motifs is 1. The van der Waals surface area contributed by atoms with E-state index in [1.165, 1.54) is 16.8 Å². The van der Waals surface area contributed by atoms with Crippen molar-refractivity contribution in [1.82, 2.24) is 0 Å². The molecule has 0 amide bonds. The SMILES string of the molecule is C1=CN(c2ccccc2)CCc2ccccc21. The van der Waals surface area contributed by atoms with E-state index in [9.17, 15) is 0 Å². The summed E-state index contributed by atoms with van der Waals surface area (Å²) in [6.45, 7) is 1.04. The fraction of sp³-hybridized carbons (Fsp3) is 0.125. The zero-order valence-corrected chi connectivity index (χ0v) is 9.71. The Morgan fingerprint density at radius 1 is 0.824 bits per heavy atom. The predicted molar refractivity (Wildman–Crippen MR) is 73.0 cm³/mol. The molecule has 0 aliphatic carbocycles. The minimum absolute atomic E-state index is 1.04. The molecule has 2 aromatic rings. The van der Waals surface area contributed by atoms with E-state index in [-0.39, 0.29) is 0 Å². The summed E-state index contributed by atoms with van der Waals surface area (Å²) in [5.41, 5.74) is 4.03. The van der Waals surface area contributed by atoms with Crippen LogP contribution in [0.4, 0.5) is 5.69 Å². The van der Waals surface area contributed by atoms with E-state index in [4.69, 9.17) is 0 Å². The molecule has 0 saturated heterocycles. The summed E-state index contributed by atoms with van der Waals surface area (Å²) in [6, 6.07) is 19.1. The highest BCUT2D eigenvalue weighted by Crippen LogP contribution is 2.21. The number of nitrogens with zero attached hydrogens (tertiary/aromatic N) is 1. The van der Waals surface area contributed by atoms with Crippen LogP contribution in [0.15, 0.2) is 60.8 Å². The minimum atomic E-state index is 1.04. The highest BCUT2D eigenvalue weighted by molar-refractivity contribution is 5.61. The van der Waals surface area contributed by atoms with Crippen LogP contribution in [0.2, 0.25) is 0 Å². The first-order valence-corrected chi connectivity index (χ1v) is 6.01. The maximum absolute atomic E-state index is 2.31. The number of rotatable bonds is 1. The smallest absolute Gasteiger partial charge is 0.0406 e. The first-order chi connectivity index (χ1) is 8.43. The number of para-hydroxylation sites is 1. The summed E-state index contributed by atoms with van der Waals surface area (Å²) >= 11 is 0. The summed E-state index contributed by atoms with van der Waals surface area (Å²) in [6.07, 6.45) is 5.48. The second-order valence-electron chi connectivity index (χ2n) is 4.29. The van der Waals surface area contributed by atoms with Crippen LogP contribution in [0.1, 0.15) is 11.1 Å². The Morgan fingerprint density at radius 2 is 1.59 bits per heavy atom. The van der Waals surface area contributed by atoms with Gasteiger partial charge in [0.05, 0.1) is 0 Å². The molecular weight excluding hydrogens is 206 g/mol. The monoisotopic (exact) mass is 221 g/mol. The molecule has 1 heteroatoms. The summed E-state index contributed by atoms with van der Waals surface area (Å²) in [5, 5.41) is 0. The standard InChI is InChI=1S/C16H15N/c1-2-8-16(9-3-1)17-12-10-14-6-4-5-7-15(14)11-13-17/h1-10,12H,11,13H2. The Kier molecular flexibility index (Phi) is 2.66. The van der Waals surface area contributed by atoms with Gasteiger partial charge in [0.15, 0.2) is 0 Å². The summed E-state index contributed by atoms with van der Waals surface area (Å²) in [5.74, 6) is 0. The van der Waals surface area contributed by atoms with Crippen molar-refractivity contribution in [2.75, 3.05) is 11.4 Å². The largest absolute Gasteiger partial charge is 0.348 e. The van der Waals surface area contributed by atoms with E-state index in [0.717, 1.165) is 13.0 Å². The van der Waals surface area contributed by atoms with Crippen molar-refractivity contribution in [3.63, 3.8) is 0 Å². The van der Waals surface area contributed by atoms with Gasteiger partial charge in [-0.1, -0.05) is 42.5 Å². The molecule has 2 aromatic carbocycles. The number of benzene rings is 2. The van der Waals surface area contributed by atoms with Gasteiger partial charge in [0.25, 0.3) is 0 Å².